The zero-order valence-corrected chi connectivity index (χ0v) is 7.30. The summed E-state index contributed by atoms with van der Waals surface area (Å²) < 4.78 is 35.2. The fraction of sp³-hybridized carbons (Fsp3) is 1.00. The van der Waals surface area contributed by atoms with Gasteiger partial charge in [-0.2, -0.15) is 13.2 Å². The molecule has 0 aliphatic carbocycles. The zero-order valence-electron chi connectivity index (χ0n) is 5.71. The van der Waals surface area contributed by atoms with Gasteiger partial charge in [0.05, 0.1) is 0 Å². The Hall–Kier alpha value is 0.270. The zero-order chi connectivity index (χ0) is 8.20. The number of hydrogen-bond acceptors (Lipinski definition) is 0. The first-order valence-electron chi connectivity index (χ1n) is 3.19. The van der Waals surface area contributed by atoms with Gasteiger partial charge in [0, 0.05) is 0 Å². The van der Waals surface area contributed by atoms with Gasteiger partial charge in [0.1, 0.15) is 4.83 Å². The fourth-order valence-electron chi connectivity index (χ4n) is 0.547. The van der Waals surface area contributed by atoms with E-state index >= 15 is 0 Å². The Balaban J connectivity index is 3.52. The number of rotatable bonds is 3. The average Bonchev–Trinajstić information content (AvgIpc) is 1.80. The number of hydrogen-bond donors (Lipinski definition) is 0. The van der Waals surface area contributed by atoms with Gasteiger partial charge in [-0.1, -0.05) is 35.7 Å². The minimum atomic E-state index is -4.07. The fourth-order valence-corrected chi connectivity index (χ4v) is 0.871. The van der Waals surface area contributed by atoms with E-state index < -0.39 is 11.0 Å². The Morgan fingerprint density at radius 1 is 1.40 bits per heavy atom. The third-order valence-corrected chi connectivity index (χ3v) is 2.14. The van der Waals surface area contributed by atoms with E-state index in [0.29, 0.717) is 6.42 Å². The minimum Gasteiger partial charge on any atom is -0.170 e. The maximum Gasteiger partial charge on any atom is 0.401 e. The molecule has 0 heterocycles. The third-order valence-electron chi connectivity index (χ3n) is 1.17. The molecule has 0 fully saturated rings. The molecule has 0 rings (SSSR count). The summed E-state index contributed by atoms with van der Waals surface area (Å²) in [6, 6.07) is 0. The van der Waals surface area contributed by atoms with Crippen LogP contribution in [0.5, 0.6) is 0 Å². The van der Waals surface area contributed by atoms with Gasteiger partial charge < -0.3 is 0 Å². The Morgan fingerprint density at radius 2 is 1.90 bits per heavy atom. The largest absolute Gasteiger partial charge is 0.401 e. The summed E-state index contributed by atoms with van der Waals surface area (Å²) in [5, 5.41) is 0. The van der Waals surface area contributed by atoms with Crippen molar-refractivity contribution in [1.29, 1.82) is 0 Å². The SMILES string of the molecule is CCCC[C@H](Br)C(F)(F)F. The summed E-state index contributed by atoms with van der Waals surface area (Å²) in [7, 11) is 0. The van der Waals surface area contributed by atoms with E-state index in [-0.39, 0.29) is 6.42 Å². The Kier molecular flexibility index (Phi) is 4.32. The van der Waals surface area contributed by atoms with Crippen LogP contribution in [0.3, 0.4) is 0 Å². The van der Waals surface area contributed by atoms with Crippen LogP contribution < -0.4 is 0 Å². The molecule has 0 aliphatic rings. The molecule has 10 heavy (non-hydrogen) atoms. The molecule has 0 radical (unpaired) electrons. The van der Waals surface area contributed by atoms with Gasteiger partial charge in [0.15, 0.2) is 0 Å². The van der Waals surface area contributed by atoms with Crippen molar-refractivity contribution in [2.45, 2.75) is 37.2 Å². The van der Waals surface area contributed by atoms with Crippen molar-refractivity contribution in [3.8, 4) is 0 Å². The van der Waals surface area contributed by atoms with E-state index in [0.717, 1.165) is 6.42 Å². The molecule has 4 heteroatoms. The van der Waals surface area contributed by atoms with E-state index in [1.54, 1.807) is 0 Å². The van der Waals surface area contributed by atoms with Crippen LogP contribution in [0, 0.1) is 0 Å². The maximum absolute atomic E-state index is 11.7. The van der Waals surface area contributed by atoms with E-state index in [4.69, 9.17) is 0 Å². The highest BCUT2D eigenvalue weighted by atomic mass is 79.9. The van der Waals surface area contributed by atoms with Gasteiger partial charge in [0.25, 0.3) is 0 Å². The van der Waals surface area contributed by atoms with E-state index in [1.165, 1.54) is 0 Å². The van der Waals surface area contributed by atoms with Crippen molar-refractivity contribution in [3.05, 3.63) is 0 Å². The van der Waals surface area contributed by atoms with Crippen LogP contribution in [0.4, 0.5) is 13.2 Å². The van der Waals surface area contributed by atoms with Crippen LogP contribution >= 0.6 is 15.9 Å². The van der Waals surface area contributed by atoms with Crippen LogP contribution in [0.25, 0.3) is 0 Å². The summed E-state index contributed by atoms with van der Waals surface area (Å²) >= 11 is 2.57. The first kappa shape index (κ1) is 10.3. The summed E-state index contributed by atoms with van der Waals surface area (Å²) in [6.07, 6.45) is -2.47. The highest BCUT2D eigenvalue weighted by Gasteiger charge is 2.36. The molecule has 62 valence electrons. The second-order valence-electron chi connectivity index (χ2n) is 2.15. The monoisotopic (exact) mass is 218 g/mol. The first-order valence-corrected chi connectivity index (χ1v) is 4.10. The van der Waals surface area contributed by atoms with Crippen LogP contribution in [0.15, 0.2) is 0 Å². The summed E-state index contributed by atoms with van der Waals surface area (Å²) in [5.74, 6) is 0. The topological polar surface area (TPSA) is 0 Å². The van der Waals surface area contributed by atoms with Crippen molar-refractivity contribution in [2.75, 3.05) is 0 Å². The predicted octanol–water partition coefficient (Wildman–Crippen LogP) is 3.50. The Labute approximate surface area is 66.9 Å². The van der Waals surface area contributed by atoms with Crippen LogP contribution in [-0.4, -0.2) is 11.0 Å². The average molecular weight is 219 g/mol. The van der Waals surface area contributed by atoms with Crippen LogP contribution in [-0.2, 0) is 0 Å². The number of unbranched alkanes of at least 4 members (excludes halogenated alkanes) is 1. The molecular formula is C6H10BrF3. The Morgan fingerprint density at radius 3 is 2.20 bits per heavy atom. The molecule has 0 aromatic heterocycles. The molecule has 0 aromatic rings. The van der Waals surface area contributed by atoms with Crippen LogP contribution in [0.2, 0.25) is 0 Å². The lowest BCUT2D eigenvalue weighted by atomic mass is 10.2. The molecular weight excluding hydrogens is 209 g/mol. The van der Waals surface area contributed by atoms with Crippen molar-refractivity contribution in [3.63, 3.8) is 0 Å². The molecule has 0 aliphatic heterocycles. The van der Waals surface area contributed by atoms with Crippen molar-refractivity contribution < 1.29 is 13.2 Å². The second kappa shape index (κ2) is 4.21. The first-order chi connectivity index (χ1) is 4.48. The number of halogens is 4. The summed E-state index contributed by atoms with van der Waals surface area (Å²) in [4.78, 5) is -1.32. The van der Waals surface area contributed by atoms with E-state index in [2.05, 4.69) is 15.9 Å². The van der Waals surface area contributed by atoms with Gasteiger partial charge in [-0.3, -0.25) is 0 Å². The molecule has 0 spiro atoms. The smallest absolute Gasteiger partial charge is 0.170 e. The molecule has 0 nitrogen and oxygen atoms in total. The van der Waals surface area contributed by atoms with Gasteiger partial charge in [0.2, 0.25) is 0 Å². The lowest BCUT2D eigenvalue weighted by molar-refractivity contribution is -0.128. The van der Waals surface area contributed by atoms with Gasteiger partial charge in [-0.25, -0.2) is 0 Å². The predicted molar refractivity (Wildman–Crippen MR) is 38.3 cm³/mol. The molecule has 0 unspecified atom stereocenters. The van der Waals surface area contributed by atoms with E-state index in [1.807, 2.05) is 6.92 Å². The third kappa shape index (κ3) is 4.14. The Bertz CT molecular complexity index is 89.5. The van der Waals surface area contributed by atoms with Crippen molar-refractivity contribution in [1.82, 2.24) is 0 Å². The summed E-state index contributed by atoms with van der Waals surface area (Å²) in [6.45, 7) is 1.87. The molecule has 0 amide bonds. The molecule has 0 saturated heterocycles. The minimum absolute atomic E-state index is 0.181. The van der Waals surface area contributed by atoms with Gasteiger partial charge >= 0.3 is 6.18 Å². The normalized spacial score (nSPS) is 15.3. The van der Waals surface area contributed by atoms with Crippen molar-refractivity contribution in [2.24, 2.45) is 0 Å². The maximum atomic E-state index is 11.7. The molecule has 1 atom stereocenters. The summed E-state index contributed by atoms with van der Waals surface area (Å²) in [5.41, 5.74) is 0. The number of alkyl halides is 4. The standard InChI is InChI=1S/C6H10BrF3/c1-2-3-4-5(7)6(8,9)10/h5H,2-4H2,1H3/t5-/m0/s1. The quantitative estimate of drug-likeness (QED) is 0.637. The molecule has 0 bridgehead atoms. The second-order valence-corrected chi connectivity index (χ2v) is 3.26. The highest BCUT2D eigenvalue weighted by Crippen LogP contribution is 2.29. The molecule has 0 saturated carbocycles. The van der Waals surface area contributed by atoms with Crippen molar-refractivity contribution >= 4 is 15.9 Å². The van der Waals surface area contributed by atoms with Gasteiger partial charge in [-0.05, 0) is 6.42 Å². The molecule has 0 aromatic carbocycles. The van der Waals surface area contributed by atoms with Gasteiger partial charge in [-0.15, -0.1) is 0 Å². The lowest BCUT2D eigenvalue weighted by Gasteiger charge is -2.12. The van der Waals surface area contributed by atoms with E-state index in [9.17, 15) is 13.2 Å². The molecule has 0 N–H and O–H groups in total. The van der Waals surface area contributed by atoms with Crippen LogP contribution in [0.1, 0.15) is 26.2 Å². The highest BCUT2D eigenvalue weighted by molar-refractivity contribution is 9.09. The lowest BCUT2D eigenvalue weighted by Crippen LogP contribution is -2.22.